The fourth-order valence-electron chi connectivity index (χ4n) is 1.62. The molecular formula is C12H19NO7S. The highest BCUT2D eigenvalue weighted by molar-refractivity contribution is 7.88. The first kappa shape index (κ1) is 17.6. The molecule has 1 heterocycles. The number of allylic oxidation sites excluding steroid dienone is 1. The van der Waals surface area contributed by atoms with Crippen LogP contribution in [0, 0.1) is 0 Å². The summed E-state index contributed by atoms with van der Waals surface area (Å²) >= 11 is 0. The van der Waals surface area contributed by atoms with Gasteiger partial charge in [0.15, 0.2) is 0 Å². The molecule has 8 nitrogen and oxygen atoms in total. The molecule has 1 aliphatic heterocycles. The number of carboxylic acid groups (broad SMARTS) is 1. The first-order valence-corrected chi connectivity index (χ1v) is 7.61. The van der Waals surface area contributed by atoms with Crippen molar-refractivity contribution in [2.45, 2.75) is 31.3 Å². The topological polar surface area (TPSA) is 136 Å². The lowest BCUT2D eigenvalue weighted by molar-refractivity contribution is -0.138. The van der Waals surface area contributed by atoms with Crippen molar-refractivity contribution in [2.24, 2.45) is 0 Å². The van der Waals surface area contributed by atoms with Gasteiger partial charge in [0.1, 0.15) is 36.7 Å². The summed E-state index contributed by atoms with van der Waals surface area (Å²) in [6.07, 6.45) is -1.43. The highest BCUT2D eigenvalue weighted by atomic mass is 32.2. The van der Waals surface area contributed by atoms with E-state index in [0.717, 1.165) is 6.20 Å². The quantitative estimate of drug-likeness (QED) is 0.389. The lowest BCUT2D eigenvalue weighted by atomic mass is 10.0. The summed E-state index contributed by atoms with van der Waals surface area (Å²) in [5.74, 6) is -1.46. The molecule has 5 N–H and O–H groups in total. The summed E-state index contributed by atoms with van der Waals surface area (Å²) in [6, 6.07) is -1.14. The molecular weight excluding hydrogens is 302 g/mol. The van der Waals surface area contributed by atoms with Crippen molar-refractivity contribution in [1.29, 1.82) is 0 Å². The second-order valence-electron chi connectivity index (χ2n) is 4.43. The molecule has 9 heteroatoms. The second-order valence-corrected chi connectivity index (χ2v) is 5.80. The van der Waals surface area contributed by atoms with E-state index >= 15 is 0 Å². The van der Waals surface area contributed by atoms with Gasteiger partial charge in [-0.25, -0.2) is 4.79 Å². The van der Waals surface area contributed by atoms with E-state index in [9.17, 15) is 24.3 Å². The smallest absolute Gasteiger partial charge is 0.327 e. The number of aliphatic hydroxyl groups excluding tert-OH is 3. The van der Waals surface area contributed by atoms with Gasteiger partial charge in [0.2, 0.25) is 0 Å². The van der Waals surface area contributed by atoms with Gasteiger partial charge in [-0.3, -0.25) is 4.21 Å². The van der Waals surface area contributed by atoms with E-state index < -0.39 is 41.1 Å². The van der Waals surface area contributed by atoms with Crippen molar-refractivity contribution in [1.82, 2.24) is 5.32 Å². The molecule has 0 aromatic heterocycles. The lowest BCUT2D eigenvalue weighted by Gasteiger charge is -2.31. The third kappa shape index (κ3) is 5.12. The third-order valence-corrected chi connectivity index (χ3v) is 4.01. The van der Waals surface area contributed by atoms with Gasteiger partial charge >= 0.3 is 5.97 Å². The zero-order valence-corrected chi connectivity index (χ0v) is 12.2. The van der Waals surface area contributed by atoms with Crippen LogP contribution in [0.15, 0.2) is 23.4 Å². The Morgan fingerprint density at radius 1 is 1.52 bits per heavy atom. The summed E-state index contributed by atoms with van der Waals surface area (Å²) in [6.45, 7) is 1.45. The molecule has 0 spiro atoms. The van der Waals surface area contributed by atoms with Crippen molar-refractivity contribution in [3.05, 3.63) is 23.4 Å². The standard InChI is InChI=1S/C12H19NO7S/c1-2-3-21(19)6-7(12(17)18)13-4-9-11(16)10(15)8(14)5-20-9/h2-4,7-8,10-11,13-16H,5-6H2,1H3,(H,17,18)/b3-2+,9-4+. The summed E-state index contributed by atoms with van der Waals surface area (Å²) in [5, 5.41) is 41.3. The van der Waals surface area contributed by atoms with Gasteiger partial charge in [0.05, 0.1) is 5.75 Å². The van der Waals surface area contributed by atoms with Gasteiger partial charge < -0.3 is 30.5 Å². The number of carbonyl (C=O) groups is 1. The van der Waals surface area contributed by atoms with Crippen LogP contribution in [-0.2, 0) is 20.3 Å². The summed E-state index contributed by atoms with van der Waals surface area (Å²) in [5.41, 5.74) is 0. The maximum Gasteiger partial charge on any atom is 0.327 e. The van der Waals surface area contributed by atoms with Crippen molar-refractivity contribution >= 4 is 16.8 Å². The Morgan fingerprint density at radius 3 is 2.76 bits per heavy atom. The van der Waals surface area contributed by atoms with Crippen LogP contribution in [0.1, 0.15) is 6.92 Å². The van der Waals surface area contributed by atoms with E-state index in [1.54, 1.807) is 13.0 Å². The Morgan fingerprint density at radius 2 is 2.19 bits per heavy atom. The Kier molecular flexibility index (Phi) is 6.82. The minimum absolute atomic E-state index is 0.0872. The van der Waals surface area contributed by atoms with Crippen LogP contribution >= 0.6 is 0 Å². The highest BCUT2D eigenvalue weighted by Crippen LogP contribution is 2.18. The van der Waals surface area contributed by atoms with E-state index in [0.29, 0.717) is 0 Å². The van der Waals surface area contributed by atoms with E-state index in [1.165, 1.54) is 5.41 Å². The van der Waals surface area contributed by atoms with Gasteiger partial charge in [-0.15, -0.1) is 0 Å². The molecule has 0 aromatic carbocycles. The monoisotopic (exact) mass is 321 g/mol. The average molecular weight is 321 g/mol. The molecule has 0 saturated carbocycles. The van der Waals surface area contributed by atoms with E-state index in [1.807, 2.05) is 0 Å². The fraction of sp³-hybridized carbons (Fsp3) is 0.583. The van der Waals surface area contributed by atoms with Crippen LogP contribution in [0.2, 0.25) is 0 Å². The number of ether oxygens (including phenoxy) is 1. The fourth-order valence-corrected chi connectivity index (χ4v) is 2.60. The predicted molar refractivity (Wildman–Crippen MR) is 74.4 cm³/mol. The van der Waals surface area contributed by atoms with E-state index in [4.69, 9.17) is 9.84 Å². The number of rotatable bonds is 6. The minimum Gasteiger partial charge on any atom is -0.491 e. The molecule has 0 radical (unpaired) electrons. The van der Waals surface area contributed by atoms with Crippen molar-refractivity contribution in [2.75, 3.05) is 12.4 Å². The molecule has 120 valence electrons. The maximum atomic E-state index is 11.5. The summed E-state index contributed by atoms with van der Waals surface area (Å²) in [4.78, 5) is 11.1. The molecule has 5 unspecified atom stereocenters. The molecule has 5 atom stereocenters. The van der Waals surface area contributed by atoms with Crippen molar-refractivity contribution in [3.63, 3.8) is 0 Å². The van der Waals surface area contributed by atoms with Gasteiger partial charge in [-0.2, -0.15) is 0 Å². The third-order valence-electron chi connectivity index (χ3n) is 2.77. The Hall–Kier alpha value is -1.42. The van der Waals surface area contributed by atoms with Gasteiger partial charge in [-0.1, -0.05) is 6.08 Å². The molecule has 0 bridgehead atoms. The molecule has 1 fully saturated rings. The van der Waals surface area contributed by atoms with Crippen LogP contribution in [-0.4, -0.2) is 67.3 Å². The van der Waals surface area contributed by atoms with Gasteiger partial charge in [-0.05, 0) is 12.3 Å². The molecule has 0 aromatic rings. The Labute approximate surface area is 124 Å². The van der Waals surface area contributed by atoms with Crippen LogP contribution < -0.4 is 5.32 Å². The Bertz CT molecular complexity index is 451. The molecule has 1 rings (SSSR count). The number of nitrogens with one attached hydrogen (secondary N) is 1. The normalized spacial score (nSPS) is 30.9. The largest absolute Gasteiger partial charge is 0.491 e. The van der Waals surface area contributed by atoms with E-state index in [-0.39, 0.29) is 18.1 Å². The first-order valence-electron chi connectivity index (χ1n) is 6.22. The van der Waals surface area contributed by atoms with Crippen molar-refractivity contribution in [3.8, 4) is 0 Å². The molecule has 1 saturated heterocycles. The predicted octanol–water partition coefficient (Wildman–Crippen LogP) is -1.73. The number of aliphatic carboxylic acids is 1. The highest BCUT2D eigenvalue weighted by Gasteiger charge is 2.34. The number of hydrogen-bond acceptors (Lipinski definition) is 7. The second kappa shape index (κ2) is 8.13. The number of aliphatic hydroxyl groups is 3. The lowest BCUT2D eigenvalue weighted by Crippen LogP contribution is -2.47. The number of carboxylic acids is 1. The molecule has 21 heavy (non-hydrogen) atoms. The van der Waals surface area contributed by atoms with Gasteiger partial charge in [0, 0.05) is 17.0 Å². The van der Waals surface area contributed by atoms with Gasteiger partial charge in [0.25, 0.3) is 0 Å². The molecule has 0 amide bonds. The Balaban J connectivity index is 2.70. The van der Waals surface area contributed by atoms with Crippen LogP contribution in [0.5, 0.6) is 0 Å². The van der Waals surface area contributed by atoms with E-state index in [2.05, 4.69) is 5.32 Å². The van der Waals surface area contributed by atoms with Crippen LogP contribution in [0.3, 0.4) is 0 Å². The minimum atomic E-state index is -1.46. The zero-order chi connectivity index (χ0) is 16.0. The van der Waals surface area contributed by atoms with Crippen molar-refractivity contribution < 1.29 is 34.2 Å². The zero-order valence-electron chi connectivity index (χ0n) is 11.4. The number of hydrogen-bond donors (Lipinski definition) is 5. The molecule has 1 aliphatic rings. The van der Waals surface area contributed by atoms with Crippen LogP contribution in [0.25, 0.3) is 0 Å². The average Bonchev–Trinajstić information content (AvgIpc) is 2.42. The summed E-state index contributed by atoms with van der Waals surface area (Å²) in [7, 11) is -1.44. The van der Waals surface area contributed by atoms with Crippen LogP contribution in [0.4, 0.5) is 0 Å². The summed E-state index contributed by atoms with van der Waals surface area (Å²) < 4.78 is 16.5. The first-order chi connectivity index (χ1) is 9.86. The maximum absolute atomic E-state index is 11.5. The SMILES string of the molecule is C/C=C/S(=O)CC(N/C=C1/OCC(O)C(O)C1O)C(=O)O. The molecule has 0 aliphatic carbocycles.